The number of carboxylic acid groups (broad SMARTS) is 1. The van der Waals surface area contributed by atoms with Gasteiger partial charge in [-0.1, -0.05) is 23.4 Å². The molecule has 1 aromatic carbocycles. The molecule has 2 fully saturated rings. The summed E-state index contributed by atoms with van der Waals surface area (Å²) in [5.74, 6) is 0.784. The van der Waals surface area contributed by atoms with Gasteiger partial charge >= 0.3 is 5.97 Å². The van der Waals surface area contributed by atoms with E-state index in [9.17, 15) is 15.0 Å². The number of carbonyl (C=O) groups is 1. The first-order valence-electron chi connectivity index (χ1n) is 13.1. The Bertz CT molecular complexity index is 1530. The van der Waals surface area contributed by atoms with Crippen LogP contribution in [0.2, 0.25) is 0 Å². The lowest BCUT2D eigenvalue weighted by Gasteiger charge is -2.32. The van der Waals surface area contributed by atoms with Crippen molar-refractivity contribution < 1.29 is 19.5 Å². The van der Waals surface area contributed by atoms with Crippen LogP contribution in [0.1, 0.15) is 64.5 Å². The molecule has 194 valence electrons. The molecular formula is C30H30N4O4. The minimum atomic E-state index is -1.10. The molecule has 6 rings (SSSR count). The second-order valence-corrected chi connectivity index (χ2v) is 10.3. The monoisotopic (exact) mass is 510 g/mol. The number of pyridine rings is 2. The van der Waals surface area contributed by atoms with Crippen LogP contribution < -0.4 is 4.90 Å². The SMILES string of the molecule is Cc1cccnc1-c1noc(C2CC2)c1/C=C/C1CCN(c2ccc3nc(C(=O)O)cc(CO)c3c2)CC1. The van der Waals surface area contributed by atoms with Crippen molar-refractivity contribution in [1.29, 1.82) is 0 Å². The number of aliphatic hydroxyl groups excluding tert-OH is 1. The van der Waals surface area contributed by atoms with Gasteiger partial charge in [-0.15, -0.1) is 0 Å². The van der Waals surface area contributed by atoms with Gasteiger partial charge in [0, 0.05) is 41.8 Å². The number of hydrogen-bond acceptors (Lipinski definition) is 7. The maximum atomic E-state index is 11.4. The summed E-state index contributed by atoms with van der Waals surface area (Å²) in [6.45, 7) is 3.62. The van der Waals surface area contributed by atoms with Crippen LogP contribution in [0.25, 0.3) is 28.4 Å². The van der Waals surface area contributed by atoms with Crippen molar-refractivity contribution in [2.45, 2.75) is 45.1 Å². The van der Waals surface area contributed by atoms with Crippen molar-refractivity contribution in [3.05, 3.63) is 76.8 Å². The molecule has 1 saturated heterocycles. The Hall–Kier alpha value is -4.04. The smallest absolute Gasteiger partial charge is 0.354 e. The lowest BCUT2D eigenvalue weighted by Crippen LogP contribution is -2.33. The first kappa shape index (κ1) is 24.3. The van der Waals surface area contributed by atoms with Crippen LogP contribution >= 0.6 is 0 Å². The lowest BCUT2D eigenvalue weighted by atomic mass is 9.94. The molecule has 0 bridgehead atoms. The molecule has 0 amide bonds. The largest absolute Gasteiger partial charge is 0.477 e. The Morgan fingerprint density at radius 1 is 1.13 bits per heavy atom. The zero-order valence-electron chi connectivity index (χ0n) is 21.3. The van der Waals surface area contributed by atoms with E-state index in [1.807, 2.05) is 24.3 Å². The predicted molar refractivity (Wildman–Crippen MR) is 145 cm³/mol. The second kappa shape index (κ2) is 10.0. The number of aromatic nitrogens is 3. The fourth-order valence-electron chi connectivity index (χ4n) is 5.32. The summed E-state index contributed by atoms with van der Waals surface area (Å²) >= 11 is 0. The van der Waals surface area contributed by atoms with Crippen LogP contribution in [0.15, 0.2) is 53.2 Å². The zero-order valence-corrected chi connectivity index (χ0v) is 21.3. The molecule has 0 radical (unpaired) electrons. The second-order valence-electron chi connectivity index (χ2n) is 10.3. The number of carboxylic acids is 1. The number of rotatable bonds is 7. The van der Waals surface area contributed by atoms with Gasteiger partial charge in [0.05, 0.1) is 17.8 Å². The highest BCUT2D eigenvalue weighted by atomic mass is 16.5. The van der Waals surface area contributed by atoms with E-state index >= 15 is 0 Å². The Labute approximate surface area is 220 Å². The maximum absolute atomic E-state index is 11.4. The normalized spacial score (nSPS) is 16.5. The van der Waals surface area contributed by atoms with Gasteiger partial charge in [0.15, 0.2) is 0 Å². The summed E-state index contributed by atoms with van der Waals surface area (Å²) < 4.78 is 5.81. The minimum absolute atomic E-state index is 0.0547. The summed E-state index contributed by atoms with van der Waals surface area (Å²) in [6, 6.07) is 11.3. The van der Waals surface area contributed by atoms with Gasteiger partial charge in [-0.2, -0.15) is 0 Å². The number of fused-ring (bicyclic) bond motifs is 1. The van der Waals surface area contributed by atoms with Crippen molar-refractivity contribution >= 4 is 28.6 Å². The summed E-state index contributed by atoms with van der Waals surface area (Å²) in [5.41, 5.74) is 6.01. The number of anilines is 1. The molecule has 1 saturated carbocycles. The molecule has 1 aliphatic carbocycles. The van der Waals surface area contributed by atoms with Crippen LogP contribution in [-0.4, -0.2) is 44.4 Å². The average molecular weight is 511 g/mol. The van der Waals surface area contributed by atoms with Crippen LogP contribution in [0, 0.1) is 12.8 Å². The van der Waals surface area contributed by atoms with Gasteiger partial charge in [0.1, 0.15) is 17.1 Å². The third kappa shape index (κ3) is 4.67. The third-order valence-corrected chi connectivity index (χ3v) is 7.64. The van der Waals surface area contributed by atoms with Gasteiger partial charge < -0.3 is 19.6 Å². The standard InChI is InChI=1S/C30H30N4O4/c1-18-3-2-12-31-27(18)28-23(29(38-33-28)20-5-6-20)8-4-19-10-13-34(14-11-19)22-7-9-25-24(16-22)21(17-35)15-26(32-25)30(36)37/h2-4,7-9,12,15-16,19-20,35H,5-6,10-11,13-14,17H2,1H3,(H,36,37)/b8-4+. The molecule has 1 aliphatic heterocycles. The van der Waals surface area contributed by atoms with Crippen molar-refractivity contribution in [3.63, 3.8) is 0 Å². The van der Waals surface area contributed by atoms with Gasteiger partial charge in [-0.25, -0.2) is 9.78 Å². The van der Waals surface area contributed by atoms with Crippen LogP contribution in [-0.2, 0) is 6.61 Å². The van der Waals surface area contributed by atoms with Gasteiger partial charge in [0.2, 0.25) is 0 Å². The number of aromatic carboxylic acids is 1. The number of piperidine rings is 1. The molecule has 2 aliphatic rings. The molecule has 3 aromatic heterocycles. The first-order valence-corrected chi connectivity index (χ1v) is 13.1. The van der Waals surface area contributed by atoms with E-state index in [0.29, 0.717) is 22.9 Å². The predicted octanol–water partition coefficient (Wildman–Crippen LogP) is 5.59. The summed E-state index contributed by atoms with van der Waals surface area (Å²) in [7, 11) is 0. The van der Waals surface area contributed by atoms with E-state index in [-0.39, 0.29) is 12.3 Å². The summed E-state index contributed by atoms with van der Waals surface area (Å²) in [6.07, 6.45) is 10.6. The fraction of sp³-hybridized carbons (Fsp3) is 0.333. The van der Waals surface area contributed by atoms with E-state index in [2.05, 4.69) is 45.2 Å². The number of allylic oxidation sites excluding steroid dienone is 1. The Kier molecular flexibility index (Phi) is 6.41. The molecule has 8 heteroatoms. The highest BCUT2D eigenvalue weighted by Crippen LogP contribution is 2.44. The molecule has 38 heavy (non-hydrogen) atoms. The molecule has 0 unspecified atom stereocenters. The number of aliphatic hydroxyl groups is 1. The lowest BCUT2D eigenvalue weighted by molar-refractivity contribution is 0.0690. The van der Waals surface area contributed by atoms with Crippen LogP contribution in [0.3, 0.4) is 0 Å². The number of nitrogens with zero attached hydrogens (tertiary/aromatic N) is 4. The molecular weight excluding hydrogens is 480 g/mol. The van der Waals surface area contributed by atoms with E-state index in [0.717, 1.165) is 78.1 Å². The van der Waals surface area contributed by atoms with Gasteiger partial charge in [-0.05, 0) is 80.0 Å². The van der Waals surface area contributed by atoms with Crippen molar-refractivity contribution in [3.8, 4) is 11.4 Å². The molecule has 0 atom stereocenters. The summed E-state index contributed by atoms with van der Waals surface area (Å²) in [4.78, 5) is 22.5. The highest BCUT2D eigenvalue weighted by molar-refractivity contribution is 5.92. The molecule has 2 N–H and O–H groups in total. The molecule has 4 heterocycles. The van der Waals surface area contributed by atoms with E-state index in [1.165, 1.54) is 6.07 Å². The van der Waals surface area contributed by atoms with E-state index in [1.54, 1.807) is 6.20 Å². The average Bonchev–Trinajstić information content (AvgIpc) is 3.70. The number of aryl methyl sites for hydroxylation is 1. The summed E-state index contributed by atoms with van der Waals surface area (Å²) in [5, 5.41) is 24.3. The third-order valence-electron chi connectivity index (χ3n) is 7.64. The van der Waals surface area contributed by atoms with Gasteiger partial charge in [-0.3, -0.25) is 4.98 Å². The Morgan fingerprint density at radius 2 is 1.95 bits per heavy atom. The molecule has 0 spiro atoms. The van der Waals surface area contributed by atoms with E-state index < -0.39 is 5.97 Å². The number of hydrogen-bond donors (Lipinski definition) is 2. The molecule has 4 aromatic rings. The topological polar surface area (TPSA) is 113 Å². The van der Waals surface area contributed by atoms with E-state index in [4.69, 9.17) is 4.52 Å². The fourth-order valence-corrected chi connectivity index (χ4v) is 5.32. The Morgan fingerprint density at radius 3 is 2.66 bits per heavy atom. The highest BCUT2D eigenvalue weighted by Gasteiger charge is 2.32. The molecule has 8 nitrogen and oxygen atoms in total. The van der Waals surface area contributed by atoms with Gasteiger partial charge in [0.25, 0.3) is 0 Å². The maximum Gasteiger partial charge on any atom is 0.354 e. The zero-order chi connectivity index (χ0) is 26.2. The minimum Gasteiger partial charge on any atom is -0.477 e. The van der Waals surface area contributed by atoms with Crippen LogP contribution in [0.4, 0.5) is 5.69 Å². The van der Waals surface area contributed by atoms with Crippen molar-refractivity contribution in [1.82, 2.24) is 15.1 Å². The Balaban J connectivity index is 1.19. The first-order chi connectivity index (χ1) is 18.5. The van der Waals surface area contributed by atoms with Crippen molar-refractivity contribution in [2.75, 3.05) is 18.0 Å². The quantitative estimate of drug-likeness (QED) is 0.331. The number of benzene rings is 1. The van der Waals surface area contributed by atoms with Crippen molar-refractivity contribution in [2.24, 2.45) is 5.92 Å². The van der Waals surface area contributed by atoms with Crippen LogP contribution in [0.5, 0.6) is 0 Å².